The average Bonchev–Trinajstić information content (AvgIpc) is 2.70. The van der Waals surface area contributed by atoms with Gasteiger partial charge in [-0.15, -0.1) is 0 Å². The number of morpholine rings is 1. The Bertz CT molecular complexity index is 619. The lowest BCUT2D eigenvalue weighted by atomic mass is 9.97. The molecule has 27 heavy (non-hydrogen) atoms. The predicted molar refractivity (Wildman–Crippen MR) is 103 cm³/mol. The highest BCUT2D eigenvalue weighted by atomic mass is 16.5. The number of ether oxygens (including phenoxy) is 3. The number of nitrogens with two attached hydrogens (primary N) is 1. The summed E-state index contributed by atoms with van der Waals surface area (Å²) in [7, 11) is 1.66. The largest absolute Gasteiger partial charge is 0.493 e. The molecule has 1 aromatic carbocycles. The first kappa shape index (κ1) is 19.9. The zero-order valence-electron chi connectivity index (χ0n) is 16.2. The van der Waals surface area contributed by atoms with Crippen LogP contribution in [0.15, 0.2) is 18.2 Å². The van der Waals surface area contributed by atoms with E-state index in [1.165, 1.54) is 0 Å². The number of benzene rings is 1. The van der Waals surface area contributed by atoms with Crippen LogP contribution < -0.4 is 15.2 Å². The second kappa shape index (κ2) is 9.92. The maximum atomic E-state index is 11.5. The van der Waals surface area contributed by atoms with Gasteiger partial charge in [-0.05, 0) is 25.5 Å². The number of para-hydroxylation sites is 1. The zero-order chi connectivity index (χ0) is 19.1. The number of hydrogen-bond donors (Lipinski definition) is 1. The minimum Gasteiger partial charge on any atom is -0.493 e. The average molecular weight is 377 g/mol. The van der Waals surface area contributed by atoms with E-state index >= 15 is 0 Å². The van der Waals surface area contributed by atoms with Crippen LogP contribution in [0.25, 0.3) is 0 Å². The third-order valence-corrected chi connectivity index (χ3v) is 5.34. The fourth-order valence-corrected chi connectivity index (χ4v) is 3.78. The molecule has 0 aromatic heterocycles. The van der Waals surface area contributed by atoms with E-state index in [-0.39, 0.29) is 11.8 Å². The first-order chi connectivity index (χ1) is 13.2. The molecule has 1 amide bonds. The Labute approximate surface area is 161 Å². The van der Waals surface area contributed by atoms with Crippen LogP contribution >= 0.6 is 0 Å². The fourth-order valence-electron chi connectivity index (χ4n) is 3.78. The van der Waals surface area contributed by atoms with E-state index in [0.717, 1.165) is 75.8 Å². The number of amides is 1. The molecule has 1 unspecified atom stereocenters. The summed E-state index contributed by atoms with van der Waals surface area (Å²) in [5.74, 6) is 1.29. The number of carbonyl (C=O) groups is 1. The van der Waals surface area contributed by atoms with E-state index < -0.39 is 0 Å². The fraction of sp³-hybridized carbons (Fsp3) is 0.650. The molecule has 0 aliphatic carbocycles. The van der Waals surface area contributed by atoms with Crippen molar-refractivity contribution in [2.24, 2.45) is 11.7 Å². The second-order valence-electron chi connectivity index (χ2n) is 7.23. The van der Waals surface area contributed by atoms with Gasteiger partial charge in [0, 0.05) is 38.3 Å². The summed E-state index contributed by atoms with van der Waals surface area (Å²) >= 11 is 0. The molecule has 3 rings (SSSR count). The predicted octanol–water partition coefficient (Wildman–Crippen LogP) is 1.10. The lowest BCUT2D eigenvalue weighted by Crippen LogP contribution is -2.40. The highest BCUT2D eigenvalue weighted by molar-refractivity contribution is 5.76. The van der Waals surface area contributed by atoms with Crippen molar-refractivity contribution in [3.63, 3.8) is 0 Å². The Hall–Kier alpha value is -1.83. The summed E-state index contributed by atoms with van der Waals surface area (Å²) in [6, 6.07) is 5.98. The molecule has 0 saturated carbocycles. The number of piperidine rings is 1. The Morgan fingerprint density at radius 3 is 2.81 bits per heavy atom. The lowest BCUT2D eigenvalue weighted by Gasteiger charge is -2.31. The van der Waals surface area contributed by atoms with Gasteiger partial charge in [-0.25, -0.2) is 0 Å². The molecule has 0 radical (unpaired) electrons. The number of hydrogen-bond acceptors (Lipinski definition) is 6. The number of primary amides is 1. The Kier molecular flexibility index (Phi) is 7.32. The summed E-state index contributed by atoms with van der Waals surface area (Å²) in [5, 5.41) is 0. The van der Waals surface area contributed by atoms with Crippen LogP contribution in [-0.4, -0.2) is 75.4 Å². The molecular formula is C20H31N3O4. The minimum atomic E-state index is -0.202. The van der Waals surface area contributed by atoms with Gasteiger partial charge >= 0.3 is 0 Å². The van der Waals surface area contributed by atoms with Crippen LogP contribution in [0.2, 0.25) is 0 Å². The van der Waals surface area contributed by atoms with Gasteiger partial charge in [-0.1, -0.05) is 12.1 Å². The molecule has 2 fully saturated rings. The lowest BCUT2D eigenvalue weighted by molar-refractivity contribution is -0.123. The van der Waals surface area contributed by atoms with Gasteiger partial charge in [0.05, 0.1) is 26.2 Å². The quantitative estimate of drug-likeness (QED) is 0.731. The molecule has 0 spiro atoms. The molecule has 2 saturated heterocycles. The van der Waals surface area contributed by atoms with Crippen molar-refractivity contribution in [3.05, 3.63) is 23.8 Å². The minimum absolute atomic E-state index is 0.0601. The standard InChI is InChI=1S/C20H31N3O4/c1-25-18-6-2-4-16(14-23-7-3-5-17(15-23)20(21)24)19(18)27-13-10-22-8-11-26-12-9-22/h2,4,6,17H,3,5,7-15H2,1H3,(H2,21,24). The molecular weight excluding hydrogens is 346 g/mol. The number of methoxy groups -OCH3 is 1. The highest BCUT2D eigenvalue weighted by Crippen LogP contribution is 2.32. The van der Waals surface area contributed by atoms with Gasteiger partial charge in [0.2, 0.25) is 5.91 Å². The van der Waals surface area contributed by atoms with Crippen LogP contribution in [0.4, 0.5) is 0 Å². The van der Waals surface area contributed by atoms with Crippen molar-refractivity contribution in [1.29, 1.82) is 0 Å². The molecule has 7 nitrogen and oxygen atoms in total. The van der Waals surface area contributed by atoms with Crippen molar-refractivity contribution >= 4 is 5.91 Å². The van der Waals surface area contributed by atoms with E-state index in [2.05, 4.69) is 15.9 Å². The van der Waals surface area contributed by atoms with Gasteiger partial charge in [0.15, 0.2) is 11.5 Å². The molecule has 0 bridgehead atoms. The number of carbonyl (C=O) groups excluding carboxylic acids is 1. The van der Waals surface area contributed by atoms with Crippen LogP contribution in [0.1, 0.15) is 18.4 Å². The van der Waals surface area contributed by atoms with Crippen LogP contribution in [0.5, 0.6) is 11.5 Å². The zero-order valence-corrected chi connectivity index (χ0v) is 16.2. The van der Waals surface area contributed by atoms with E-state index in [9.17, 15) is 4.79 Å². The Morgan fingerprint density at radius 1 is 1.26 bits per heavy atom. The molecule has 2 aliphatic rings. The smallest absolute Gasteiger partial charge is 0.221 e. The van der Waals surface area contributed by atoms with E-state index in [1.54, 1.807) is 7.11 Å². The Morgan fingerprint density at radius 2 is 2.07 bits per heavy atom. The number of likely N-dealkylation sites (tertiary alicyclic amines) is 1. The maximum absolute atomic E-state index is 11.5. The number of nitrogens with zero attached hydrogens (tertiary/aromatic N) is 2. The highest BCUT2D eigenvalue weighted by Gasteiger charge is 2.25. The molecule has 2 heterocycles. The molecule has 1 atom stereocenters. The third-order valence-electron chi connectivity index (χ3n) is 5.34. The molecule has 7 heteroatoms. The van der Waals surface area contributed by atoms with Crippen LogP contribution in [-0.2, 0) is 16.1 Å². The normalized spacial score (nSPS) is 21.7. The summed E-state index contributed by atoms with van der Waals surface area (Å²) in [6.45, 7) is 7.36. The Balaban J connectivity index is 1.62. The van der Waals surface area contributed by atoms with Gasteiger partial charge in [0.25, 0.3) is 0 Å². The molecule has 150 valence electrons. The van der Waals surface area contributed by atoms with Crippen LogP contribution in [0, 0.1) is 5.92 Å². The molecule has 2 aliphatic heterocycles. The monoisotopic (exact) mass is 377 g/mol. The van der Waals surface area contributed by atoms with Crippen molar-refractivity contribution in [2.75, 3.05) is 59.7 Å². The summed E-state index contributed by atoms with van der Waals surface area (Å²) in [6.07, 6.45) is 1.87. The van der Waals surface area contributed by atoms with Crippen molar-refractivity contribution in [3.8, 4) is 11.5 Å². The first-order valence-electron chi connectivity index (χ1n) is 9.78. The first-order valence-corrected chi connectivity index (χ1v) is 9.78. The maximum Gasteiger partial charge on any atom is 0.221 e. The molecule has 1 aromatic rings. The van der Waals surface area contributed by atoms with E-state index in [0.29, 0.717) is 13.2 Å². The summed E-state index contributed by atoms with van der Waals surface area (Å²) in [4.78, 5) is 16.2. The van der Waals surface area contributed by atoms with Gasteiger partial charge in [-0.2, -0.15) is 0 Å². The number of rotatable bonds is 8. The topological polar surface area (TPSA) is 77.3 Å². The second-order valence-corrected chi connectivity index (χ2v) is 7.23. The van der Waals surface area contributed by atoms with Gasteiger partial charge in [-0.3, -0.25) is 14.6 Å². The SMILES string of the molecule is COc1cccc(CN2CCCC(C(N)=O)C2)c1OCCN1CCOCC1. The van der Waals surface area contributed by atoms with Crippen molar-refractivity contribution < 1.29 is 19.0 Å². The van der Waals surface area contributed by atoms with E-state index in [4.69, 9.17) is 19.9 Å². The van der Waals surface area contributed by atoms with Crippen molar-refractivity contribution in [2.45, 2.75) is 19.4 Å². The van der Waals surface area contributed by atoms with Crippen molar-refractivity contribution in [1.82, 2.24) is 9.80 Å². The summed E-state index contributed by atoms with van der Waals surface area (Å²) < 4.78 is 17.1. The molecule has 2 N–H and O–H groups in total. The van der Waals surface area contributed by atoms with Crippen LogP contribution in [0.3, 0.4) is 0 Å². The summed E-state index contributed by atoms with van der Waals surface area (Å²) in [5.41, 5.74) is 6.60. The van der Waals surface area contributed by atoms with Gasteiger partial charge < -0.3 is 19.9 Å². The third kappa shape index (κ3) is 5.57. The van der Waals surface area contributed by atoms with E-state index in [1.807, 2.05) is 12.1 Å². The van der Waals surface area contributed by atoms with Gasteiger partial charge in [0.1, 0.15) is 6.61 Å².